The highest BCUT2D eigenvalue weighted by Crippen LogP contribution is 2.22. The Morgan fingerprint density at radius 2 is 1.75 bits per heavy atom. The maximum Gasteiger partial charge on any atom is 0.254 e. The topological polar surface area (TPSA) is 74.0 Å². The minimum atomic E-state index is -0.103. The summed E-state index contributed by atoms with van der Waals surface area (Å²) in [5.74, 6) is 0.454. The largest absolute Gasteiger partial charge is 0.495 e. The van der Waals surface area contributed by atoms with Crippen LogP contribution in [-0.2, 0) is 9.47 Å². The Bertz CT molecular complexity index is 429. The minimum absolute atomic E-state index is 0.103. The fourth-order valence-corrected chi connectivity index (χ4v) is 1.77. The second kappa shape index (κ2) is 8.39. The van der Waals surface area contributed by atoms with Crippen molar-refractivity contribution in [2.24, 2.45) is 0 Å². The molecule has 0 bridgehead atoms. The van der Waals surface area contributed by atoms with E-state index in [0.717, 1.165) is 0 Å². The summed E-state index contributed by atoms with van der Waals surface area (Å²) in [7, 11) is 4.74. The van der Waals surface area contributed by atoms with Crippen LogP contribution in [0.15, 0.2) is 18.2 Å². The SMILES string of the molecule is COCCN(CCOC)C(=O)c1ccc(OC)c(N)c1. The number of nitrogens with two attached hydrogens (primary N) is 1. The molecule has 0 fully saturated rings. The fourth-order valence-electron chi connectivity index (χ4n) is 1.77. The number of carbonyl (C=O) groups excluding carboxylic acids is 1. The van der Waals surface area contributed by atoms with Crippen LogP contribution in [0.1, 0.15) is 10.4 Å². The molecule has 1 aromatic carbocycles. The number of ether oxygens (including phenoxy) is 3. The van der Waals surface area contributed by atoms with Crippen molar-refractivity contribution < 1.29 is 19.0 Å². The third kappa shape index (κ3) is 4.40. The Labute approximate surface area is 119 Å². The first-order chi connectivity index (χ1) is 9.63. The van der Waals surface area contributed by atoms with E-state index in [9.17, 15) is 4.79 Å². The molecular formula is C14H22N2O4. The third-order valence-electron chi connectivity index (χ3n) is 2.89. The van der Waals surface area contributed by atoms with Gasteiger partial charge in [0.15, 0.2) is 0 Å². The zero-order valence-corrected chi connectivity index (χ0v) is 12.2. The lowest BCUT2D eigenvalue weighted by Crippen LogP contribution is -2.36. The lowest BCUT2D eigenvalue weighted by atomic mass is 10.1. The van der Waals surface area contributed by atoms with Crippen molar-refractivity contribution in [1.82, 2.24) is 4.90 Å². The molecule has 1 amide bonds. The lowest BCUT2D eigenvalue weighted by molar-refractivity contribution is 0.0627. The summed E-state index contributed by atoms with van der Waals surface area (Å²) >= 11 is 0. The van der Waals surface area contributed by atoms with Crippen molar-refractivity contribution in [2.45, 2.75) is 0 Å². The van der Waals surface area contributed by atoms with E-state index in [1.54, 1.807) is 37.3 Å². The van der Waals surface area contributed by atoms with Gasteiger partial charge in [-0.15, -0.1) is 0 Å². The first-order valence-corrected chi connectivity index (χ1v) is 6.34. The molecule has 0 unspecified atom stereocenters. The van der Waals surface area contributed by atoms with Gasteiger partial charge in [-0.3, -0.25) is 4.79 Å². The summed E-state index contributed by atoms with van der Waals surface area (Å²) in [4.78, 5) is 14.1. The molecule has 112 valence electrons. The highest BCUT2D eigenvalue weighted by atomic mass is 16.5. The summed E-state index contributed by atoms with van der Waals surface area (Å²) in [5.41, 5.74) is 6.79. The minimum Gasteiger partial charge on any atom is -0.495 e. The molecule has 0 aliphatic heterocycles. The number of nitrogen functional groups attached to an aromatic ring is 1. The van der Waals surface area contributed by atoms with Crippen LogP contribution in [0.25, 0.3) is 0 Å². The maximum absolute atomic E-state index is 12.4. The average Bonchev–Trinajstić information content (AvgIpc) is 2.46. The van der Waals surface area contributed by atoms with Crippen LogP contribution < -0.4 is 10.5 Å². The molecule has 0 aromatic heterocycles. The molecule has 1 rings (SSSR count). The quantitative estimate of drug-likeness (QED) is 0.720. The Morgan fingerprint density at radius 1 is 1.15 bits per heavy atom. The summed E-state index contributed by atoms with van der Waals surface area (Å²) in [6.07, 6.45) is 0. The first kappa shape index (κ1) is 16.3. The predicted octanol–water partition coefficient (Wildman–Crippen LogP) is 1.01. The van der Waals surface area contributed by atoms with Crippen molar-refractivity contribution in [3.8, 4) is 5.75 Å². The van der Waals surface area contributed by atoms with Crippen LogP contribution in [0.2, 0.25) is 0 Å². The monoisotopic (exact) mass is 282 g/mol. The number of hydrogen-bond donors (Lipinski definition) is 1. The van der Waals surface area contributed by atoms with E-state index in [-0.39, 0.29) is 5.91 Å². The van der Waals surface area contributed by atoms with Crippen LogP contribution in [0.4, 0.5) is 5.69 Å². The Morgan fingerprint density at radius 3 is 2.20 bits per heavy atom. The summed E-state index contributed by atoms with van der Waals surface area (Å²) < 4.78 is 15.1. The highest BCUT2D eigenvalue weighted by molar-refractivity contribution is 5.95. The molecule has 0 saturated carbocycles. The van der Waals surface area contributed by atoms with E-state index < -0.39 is 0 Å². The summed E-state index contributed by atoms with van der Waals surface area (Å²) in [6, 6.07) is 5.01. The molecule has 0 radical (unpaired) electrons. The van der Waals surface area contributed by atoms with Crippen molar-refractivity contribution in [2.75, 3.05) is 53.4 Å². The molecular weight excluding hydrogens is 260 g/mol. The zero-order valence-electron chi connectivity index (χ0n) is 12.2. The smallest absolute Gasteiger partial charge is 0.254 e. The number of amides is 1. The number of hydrogen-bond acceptors (Lipinski definition) is 5. The predicted molar refractivity (Wildman–Crippen MR) is 77.1 cm³/mol. The van der Waals surface area contributed by atoms with Crippen LogP contribution in [-0.4, -0.2) is 58.4 Å². The van der Waals surface area contributed by atoms with Gasteiger partial charge in [0.2, 0.25) is 0 Å². The van der Waals surface area contributed by atoms with Gasteiger partial charge in [0.05, 0.1) is 26.0 Å². The number of methoxy groups -OCH3 is 3. The molecule has 1 aromatic rings. The highest BCUT2D eigenvalue weighted by Gasteiger charge is 2.16. The molecule has 0 saturated heterocycles. The van der Waals surface area contributed by atoms with Crippen LogP contribution in [0, 0.1) is 0 Å². The molecule has 20 heavy (non-hydrogen) atoms. The number of carbonyl (C=O) groups is 1. The maximum atomic E-state index is 12.4. The molecule has 0 spiro atoms. The average molecular weight is 282 g/mol. The second-order valence-electron chi connectivity index (χ2n) is 4.23. The normalized spacial score (nSPS) is 10.3. The molecule has 6 heteroatoms. The van der Waals surface area contributed by atoms with Crippen molar-refractivity contribution >= 4 is 11.6 Å². The molecule has 0 atom stereocenters. The van der Waals surface area contributed by atoms with Gasteiger partial charge in [-0.05, 0) is 18.2 Å². The molecule has 2 N–H and O–H groups in total. The first-order valence-electron chi connectivity index (χ1n) is 6.34. The Balaban J connectivity index is 2.84. The van der Waals surface area contributed by atoms with E-state index in [2.05, 4.69) is 0 Å². The summed E-state index contributed by atoms with van der Waals surface area (Å²) in [6.45, 7) is 1.96. The Kier molecular flexibility index (Phi) is 6.83. The standard InChI is InChI=1S/C14H22N2O4/c1-18-8-6-16(7-9-19-2)14(17)11-4-5-13(20-3)12(15)10-11/h4-5,10H,6-9,15H2,1-3H3. The van der Waals surface area contributed by atoms with Gasteiger partial charge in [0.25, 0.3) is 5.91 Å². The zero-order chi connectivity index (χ0) is 15.0. The van der Waals surface area contributed by atoms with E-state index >= 15 is 0 Å². The number of benzene rings is 1. The lowest BCUT2D eigenvalue weighted by Gasteiger charge is -2.22. The number of rotatable bonds is 8. The molecule has 0 aliphatic carbocycles. The fraction of sp³-hybridized carbons (Fsp3) is 0.500. The Hall–Kier alpha value is -1.79. The summed E-state index contributed by atoms with van der Waals surface area (Å²) in [5, 5.41) is 0. The van der Waals surface area contributed by atoms with E-state index in [4.69, 9.17) is 19.9 Å². The van der Waals surface area contributed by atoms with Crippen molar-refractivity contribution in [1.29, 1.82) is 0 Å². The third-order valence-corrected chi connectivity index (χ3v) is 2.89. The van der Waals surface area contributed by atoms with Gasteiger partial charge >= 0.3 is 0 Å². The van der Waals surface area contributed by atoms with Gasteiger partial charge < -0.3 is 24.8 Å². The van der Waals surface area contributed by atoms with Gasteiger partial charge in [0.1, 0.15) is 5.75 Å². The second-order valence-corrected chi connectivity index (χ2v) is 4.23. The van der Waals surface area contributed by atoms with E-state index in [1.165, 1.54) is 7.11 Å². The van der Waals surface area contributed by atoms with Crippen LogP contribution >= 0.6 is 0 Å². The van der Waals surface area contributed by atoms with Crippen molar-refractivity contribution in [3.05, 3.63) is 23.8 Å². The molecule has 0 heterocycles. The van der Waals surface area contributed by atoms with Crippen LogP contribution in [0.3, 0.4) is 0 Å². The van der Waals surface area contributed by atoms with Crippen molar-refractivity contribution in [3.63, 3.8) is 0 Å². The van der Waals surface area contributed by atoms with Crippen LogP contribution in [0.5, 0.6) is 5.75 Å². The van der Waals surface area contributed by atoms with E-state index in [1.807, 2.05) is 0 Å². The van der Waals surface area contributed by atoms with Gasteiger partial charge in [0, 0.05) is 32.9 Å². The van der Waals surface area contributed by atoms with Gasteiger partial charge in [-0.1, -0.05) is 0 Å². The van der Waals surface area contributed by atoms with E-state index in [0.29, 0.717) is 43.3 Å². The number of anilines is 1. The molecule has 6 nitrogen and oxygen atoms in total. The van der Waals surface area contributed by atoms with Gasteiger partial charge in [-0.25, -0.2) is 0 Å². The number of nitrogens with zero attached hydrogens (tertiary/aromatic N) is 1. The molecule has 0 aliphatic rings. The van der Waals surface area contributed by atoms with Gasteiger partial charge in [-0.2, -0.15) is 0 Å².